The first kappa shape index (κ1) is 8.43. The number of hydrogen-bond acceptors (Lipinski definition) is 2. The summed E-state index contributed by atoms with van der Waals surface area (Å²) in [5.41, 5.74) is 0. The van der Waals surface area contributed by atoms with E-state index in [9.17, 15) is 4.79 Å². The van der Waals surface area contributed by atoms with E-state index in [-0.39, 0.29) is 6.04 Å². The van der Waals surface area contributed by atoms with Crippen molar-refractivity contribution in [1.82, 2.24) is 5.32 Å². The van der Waals surface area contributed by atoms with Crippen molar-refractivity contribution in [1.29, 1.82) is 0 Å². The van der Waals surface area contributed by atoms with Crippen molar-refractivity contribution in [2.24, 2.45) is 0 Å². The van der Waals surface area contributed by atoms with Crippen molar-refractivity contribution < 1.29 is 9.90 Å². The molecule has 0 aliphatic carbocycles. The first-order valence-corrected chi connectivity index (χ1v) is 3.12. The van der Waals surface area contributed by atoms with Gasteiger partial charge in [-0.05, 0) is 13.5 Å². The second-order valence-corrected chi connectivity index (χ2v) is 1.97. The third kappa shape index (κ3) is 3.08. The lowest BCUT2D eigenvalue weighted by Crippen LogP contribution is -2.33. The Kier molecular flexibility index (Phi) is 4.05. The van der Waals surface area contributed by atoms with Crippen molar-refractivity contribution in [3.63, 3.8) is 0 Å². The molecular formula is C6H13NO2. The van der Waals surface area contributed by atoms with Gasteiger partial charge in [-0.25, -0.2) is 0 Å². The second kappa shape index (κ2) is 4.32. The molecule has 0 rings (SSSR count). The average Bonchev–Trinajstić information content (AvgIpc) is 1.82. The summed E-state index contributed by atoms with van der Waals surface area (Å²) < 4.78 is 0. The van der Waals surface area contributed by atoms with Crippen molar-refractivity contribution in [3.8, 4) is 0 Å². The van der Waals surface area contributed by atoms with Crippen LogP contribution in [0.1, 0.15) is 19.8 Å². The minimum absolute atomic E-state index is 0.366. The molecule has 3 heteroatoms. The molecule has 0 spiro atoms. The maximum absolute atomic E-state index is 10.3. The van der Waals surface area contributed by atoms with Gasteiger partial charge < -0.3 is 10.4 Å². The highest BCUT2D eigenvalue weighted by Gasteiger charge is 2.11. The van der Waals surface area contributed by atoms with Crippen molar-refractivity contribution >= 4 is 5.97 Å². The second-order valence-electron chi connectivity index (χ2n) is 1.97. The van der Waals surface area contributed by atoms with Gasteiger partial charge in [-0.15, -0.1) is 0 Å². The fraction of sp³-hybridized carbons (Fsp3) is 0.833. The Morgan fingerprint density at radius 2 is 2.33 bits per heavy atom. The molecular weight excluding hydrogens is 118 g/mol. The molecule has 2 N–H and O–H groups in total. The van der Waals surface area contributed by atoms with Gasteiger partial charge in [0.2, 0.25) is 0 Å². The van der Waals surface area contributed by atoms with Crippen molar-refractivity contribution in [2.45, 2.75) is 25.8 Å². The lowest BCUT2D eigenvalue weighted by atomic mass is 10.2. The molecule has 0 aromatic carbocycles. The molecule has 54 valence electrons. The van der Waals surface area contributed by atoms with E-state index >= 15 is 0 Å². The van der Waals surface area contributed by atoms with Crippen LogP contribution in [-0.2, 0) is 4.79 Å². The zero-order valence-corrected chi connectivity index (χ0v) is 5.85. The highest BCUT2D eigenvalue weighted by Crippen LogP contribution is 1.94. The first-order valence-electron chi connectivity index (χ1n) is 3.12. The van der Waals surface area contributed by atoms with E-state index in [0.29, 0.717) is 6.42 Å². The van der Waals surface area contributed by atoms with Gasteiger partial charge in [0, 0.05) is 0 Å². The summed E-state index contributed by atoms with van der Waals surface area (Å²) in [5, 5.41) is 11.1. The van der Waals surface area contributed by atoms with Gasteiger partial charge in [0.15, 0.2) is 0 Å². The Hall–Kier alpha value is -0.570. The highest BCUT2D eigenvalue weighted by molar-refractivity contribution is 5.73. The number of aliphatic carboxylic acids is 1. The van der Waals surface area contributed by atoms with Crippen LogP contribution in [0.5, 0.6) is 0 Å². The van der Waals surface area contributed by atoms with Gasteiger partial charge >= 0.3 is 5.97 Å². The van der Waals surface area contributed by atoms with E-state index in [4.69, 9.17) is 5.11 Å². The molecule has 0 aliphatic rings. The predicted octanol–water partition coefficient (Wildman–Crippen LogP) is 0.459. The number of carboxylic acid groups (broad SMARTS) is 1. The summed E-state index contributed by atoms with van der Waals surface area (Å²) in [7, 11) is 1.66. The first-order chi connectivity index (χ1) is 4.22. The van der Waals surface area contributed by atoms with E-state index < -0.39 is 5.97 Å². The molecule has 0 amide bonds. The van der Waals surface area contributed by atoms with Gasteiger partial charge in [0.05, 0.1) is 0 Å². The minimum atomic E-state index is -0.764. The number of likely N-dealkylation sites (N-methyl/N-ethyl adjacent to an activating group) is 1. The van der Waals surface area contributed by atoms with E-state index in [1.807, 2.05) is 6.92 Å². The van der Waals surface area contributed by atoms with E-state index in [1.165, 1.54) is 0 Å². The third-order valence-electron chi connectivity index (χ3n) is 1.22. The predicted molar refractivity (Wildman–Crippen MR) is 35.4 cm³/mol. The van der Waals surface area contributed by atoms with Crippen LogP contribution in [0.2, 0.25) is 0 Å². The normalized spacial score (nSPS) is 13.1. The summed E-state index contributed by atoms with van der Waals surface area (Å²) in [6.45, 7) is 1.97. The maximum atomic E-state index is 10.3. The molecule has 0 aromatic rings. The van der Waals surface area contributed by atoms with Crippen LogP contribution in [0.4, 0.5) is 0 Å². The van der Waals surface area contributed by atoms with Gasteiger partial charge in [0.25, 0.3) is 0 Å². The molecule has 0 aliphatic heterocycles. The number of carbonyl (C=O) groups is 1. The Bertz CT molecular complexity index is 93.1. The summed E-state index contributed by atoms with van der Waals surface area (Å²) in [5.74, 6) is -0.764. The van der Waals surface area contributed by atoms with Crippen LogP contribution in [0.15, 0.2) is 0 Å². The zero-order valence-electron chi connectivity index (χ0n) is 5.85. The number of nitrogens with one attached hydrogen (secondary N) is 1. The molecule has 0 radical (unpaired) electrons. The molecule has 0 saturated carbocycles. The van der Waals surface area contributed by atoms with Crippen LogP contribution in [-0.4, -0.2) is 24.2 Å². The van der Waals surface area contributed by atoms with E-state index in [2.05, 4.69) is 5.32 Å². The van der Waals surface area contributed by atoms with Crippen LogP contribution in [0.25, 0.3) is 0 Å². The monoisotopic (exact) mass is 131 g/mol. The largest absolute Gasteiger partial charge is 0.480 e. The van der Waals surface area contributed by atoms with Gasteiger partial charge in [0.1, 0.15) is 6.04 Å². The zero-order chi connectivity index (χ0) is 7.28. The SMILES string of the molecule is CCC[C@H](NC)C(=O)O. The summed E-state index contributed by atoms with van der Waals surface area (Å²) in [6, 6.07) is -0.366. The van der Waals surface area contributed by atoms with Crippen LogP contribution in [0, 0.1) is 0 Å². The molecule has 0 aromatic heterocycles. The van der Waals surface area contributed by atoms with Crippen LogP contribution in [0.3, 0.4) is 0 Å². The summed E-state index contributed by atoms with van der Waals surface area (Å²) in [4.78, 5) is 10.3. The average molecular weight is 131 g/mol. The van der Waals surface area contributed by atoms with Gasteiger partial charge in [-0.1, -0.05) is 13.3 Å². The Morgan fingerprint density at radius 3 is 2.44 bits per heavy atom. The number of carboxylic acids is 1. The Labute approximate surface area is 55.1 Å². The van der Waals surface area contributed by atoms with Crippen molar-refractivity contribution in [3.05, 3.63) is 0 Å². The molecule has 3 nitrogen and oxygen atoms in total. The third-order valence-corrected chi connectivity index (χ3v) is 1.22. The quantitative estimate of drug-likeness (QED) is 0.582. The van der Waals surface area contributed by atoms with Crippen LogP contribution >= 0.6 is 0 Å². The van der Waals surface area contributed by atoms with Gasteiger partial charge in [-0.2, -0.15) is 0 Å². The maximum Gasteiger partial charge on any atom is 0.320 e. The van der Waals surface area contributed by atoms with Crippen LogP contribution < -0.4 is 5.32 Å². The molecule has 0 heterocycles. The van der Waals surface area contributed by atoms with Crippen molar-refractivity contribution in [2.75, 3.05) is 7.05 Å². The smallest absolute Gasteiger partial charge is 0.320 e. The Morgan fingerprint density at radius 1 is 1.78 bits per heavy atom. The Balaban J connectivity index is 3.54. The van der Waals surface area contributed by atoms with E-state index in [1.54, 1.807) is 7.05 Å². The van der Waals surface area contributed by atoms with Gasteiger partial charge in [-0.3, -0.25) is 4.79 Å². The fourth-order valence-electron chi connectivity index (χ4n) is 0.680. The molecule has 1 atom stereocenters. The number of hydrogen-bond donors (Lipinski definition) is 2. The molecule has 0 fully saturated rings. The van der Waals surface area contributed by atoms with E-state index in [0.717, 1.165) is 6.42 Å². The molecule has 0 saturated heterocycles. The molecule has 9 heavy (non-hydrogen) atoms. The fourth-order valence-corrected chi connectivity index (χ4v) is 0.680. The lowest BCUT2D eigenvalue weighted by Gasteiger charge is -2.07. The highest BCUT2D eigenvalue weighted by atomic mass is 16.4. The summed E-state index contributed by atoms with van der Waals surface area (Å²) in [6.07, 6.45) is 1.60. The molecule has 0 unspecified atom stereocenters. The standard InChI is InChI=1S/C6H13NO2/c1-3-4-5(7-2)6(8)9/h5,7H,3-4H2,1-2H3,(H,8,9)/t5-/m0/s1. The summed E-state index contributed by atoms with van der Waals surface area (Å²) >= 11 is 0. The minimum Gasteiger partial charge on any atom is -0.480 e. The topological polar surface area (TPSA) is 49.3 Å². The number of rotatable bonds is 4. The lowest BCUT2D eigenvalue weighted by molar-refractivity contribution is -0.139. The molecule has 0 bridgehead atoms.